The van der Waals surface area contributed by atoms with Crippen LogP contribution < -0.4 is 10.4 Å². The van der Waals surface area contributed by atoms with E-state index in [-0.39, 0.29) is 22.7 Å². The van der Waals surface area contributed by atoms with E-state index in [9.17, 15) is 14.7 Å². The highest BCUT2D eigenvalue weighted by Gasteiger charge is 2.11. The highest BCUT2D eigenvalue weighted by atomic mass is 16.5. The minimum atomic E-state index is -0.637. The summed E-state index contributed by atoms with van der Waals surface area (Å²) >= 11 is 0. The van der Waals surface area contributed by atoms with Gasteiger partial charge in [-0.15, -0.1) is 0 Å². The van der Waals surface area contributed by atoms with Crippen molar-refractivity contribution in [3.8, 4) is 11.5 Å². The van der Waals surface area contributed by atoms with Gasteiger partial charge in [0.2, 0.25) is 0 Å². The summed E-state index contributed by atoms with van der Waals surface area (Å²) in [5.41, 5.74) is -0.0854. The summed E-state index contributed by atoms with van der Waals surface area (Å²) in [5, 5.41) is 10.2. The highest BCUT2D eigenvalue weighted by molar-refractivity contribution is 5.90. The third-order valence-corrected chi connectivity index (χ3v) is 2.25. The van der Waals surface area contributed by atoms with E-state index in [0.717, 1.165) is 0 Å². The minimum Gasteiger partial charge on any atom is -0.504 e. The quantitative estimate of drug-likeness (QED) is 0.379. The lowest BCUT2D eigenvalue weighted by Crippen LogP contribution is -2.08. The summed E-state index contributed by atoms with van der Waals surface area (Å²) in [5.74, 6) is -0.933. The van der Waals surface area contributed by atoms with Crippen molar-refractivity contribution < 1.29 is 19.1 Å². The molecular formula is C13H10O5. The molecule has 0 aliphatic carbocycles. The van der Waals surface area contributed by atoms with E-state index < -0.39 is 11.6 Å². The van der Waals surface area contributed by atoms with Crippen molar-refractivity contribution in [2.75, 3.05) is 0 Å². The van der Waals surface area contributed by atoms with Crippen molar-refractivity contribution in [2.45, 2.75) is 6.92 Å². The molecule has 0 saturated carbocycles. The molecule has 5 heteroatoms. The molecule has 92 valence electrons. The minimum absolute atomic E-state index is 0.00986. The van der Waals surface area contributed by atoms with Gasteiger partial charge >= 0.3 is 11.6 Å². The lowest BCUT2D eigenvalue weighted by Gasteiger charge is -2.06. The number of esters is 1. The van der Waals surface area contributed by atoms with Gasteiger partial charge in [-0.1, -0.05) is 6.58 Å². The Kier molecular flexibility index (Phi) is 2.89. The SMILES string of the molecule is C=C(C)C(=O)Oc1cc2ccc(=O)oc2cc1O. The third kappa shape index (κ3) is 2.24. The number of benzene rings is 1. The maximum absolute atomic E-state index is 11.3. The number of ether oxygens (including phenoxy) is 1. The molecule has 0 bridgehead atoms. The van der Waals surface area contributed by atoms with Gasteiger partial charge < -0.3 is 14.3 Å². The van der Waals surface area contributed by atoms with Gasteiger partial charge in [0.05, 0.1) is 0 Å². The fourth-order valence-corrected chi connectivity index (χ4v) is 1.35. The second kappa shape index (κ2) is 4.37. The van der Waals surface area contributed by atoms with Crippen LogP contribution in [0, 0.1) is 0 Å². The topological polar surface area (TPSA) is 76.7 Å². The van der Waals surface area contributed by atoms with E-state index in [1.807, 2.05) is 0 Å². The van der Waals surface area contributed by atoms with Crippen molar-refractivity contribution in [1.29, 1.82) is 0 Å². The Balaban J connectivity index is 2.49. The van der Waals surface area contributed by atoms with Crippen LogP contribution in [0.2, 0.25) is 0 Å². The Hall–Kier alpha value is -2.56. The molecule has 0 aliphatic rings. The number of carbonyl (C=O) groups excluding carboxylic acids is 1. The summed E-state index contributed by atoms with van der Waals surface area (Å²) in [4.78, 5) is 22.3. The first-order valence-electron chi connectivity index (χ1n) is 5.12. The van der Waals surface area contributed by atoms with E-state index in [0.29, 0.717) is 5.39 Å². The zero-order chi connectivity index (χ0) is 13.3. The molecular weight excluding hydrogens is 236 g/mol. The average Bonchev–Trinajstić information content (AvgIpc) is 2.30. The van der Waals surface area contributed by atoms with Crippen LogP contribution in [0.5, 0.6) is 11.5 Å². The fraction of sp³-hybridized carbons (Fsp3) is 0.0769. The molecule has 0 atom stereocenters. The number of fused-ring (bicyclic) bond motifs is 1. The fourth-order valence-electron chi connectivity index (χ4n) is 1.35. The third-order valence-electron chi connectivity index (χ3n) is 2.25. The summed E-state index contributed by atoms with van der Waals surface area (Å²) in [7, 11) is 0. The Bertz CT molecular complexity index is 696. The van der Waals surface area contributed by atoms with E-state index in [1.165, 1.54) is 31.2 Å². The number of hydrogen-bond donors (Lipinski definition) is 1. The Morgan fingerprint density at radius 3 is 2.78 bits per heavy atom. The van der Waals surface area contributed by atoms with E-state index >= 15 is 0 Å². The van der Waals surface area contributed by atoms with E-state index in [2.05, 4.69) is 6.58 Å². The number of hydrogen-bond acceptors (Lipinski definition) is 5. The van der Waals surface area contributed by atoms with Gasteiger partial charge in [0.1, 0.15) is 5.58 Å². The van der Waals surface area contributed by atoms with Crippen molar-refractivity contribution in [3.05, 3.63) is 46.8 Å². The molecule has 0 aliphatic heterocycles. The zero-order valence-corrected chi connectivity index (χ0v) is 9.60. The van der Waals surface area contributed by atoms with Crippen LogP contribution in [0.3, 0.4) is 0 Å². The largest absolute Gasteiger partial charge is 0.504 e. The van der Waals surface area contributed by atoms with Crippen molar-refractivity contribution in [2.24, 2.45) is 0 Å². The number of carbonyl (C=O) groups is 1. The first kappa shape index (κ1) is 11.9. The summed E-state index contributed by atoms with van der Waals surface area (Å²) in [6.07, 6.45) is 0. The average molecular weight is 246 g/mol. The highest BCUT2D eigenvalue weighted by Crippen LogP contribution is 2.31. The second-order valence-corrected chi connectivity index (χ2v) is 3.78. The molecule has 1 aromatic heterocycles. The summed E-state index contributed by atoms with van der Waals surface area (Å²) in [6.45, 7) is 4.94. The molecule has 1 N–H and O–H groups in total. The van der Waals surface area contributed by atoms with Crippen molar-refractivity contribution in [3.63, 3.8) is 0 Å². The predicted molar refractivity (Wildman–Crippen MR) is 64.6 cm³/mol. The maximum atomic E-state index is 11.3. The van der Waals surface area contributed by atoms with Gasteiger partial charge in [0.25, 0.3) is 0 Å². The number of aromatic hydroxyl groups is 1. The van der Waals surface area contributed by atoms with E-state index in [1.54, 1.807) is 0 Å². The lowest BCUT2D eigenvalue weighted by molar-refractivity contribution is -0.130. The molecule has 2 aromatic rings. The molecule has 1 aromatic carbocycles. The van der Waals surface area contributed by atoms with Gasteiger partial charge in [-0.25, -0.2) is 9.59 Å². The lowest BCUT2D eigenvalue weighted by atomic mass is 10.2. The second-order valence-electron chi connectivity index (χ2n) is 3.78. The van der Waals surface area contributed by atoms with Crippen LogP contribution in [-0.2, 0) is 4.79 Å². The molecule has 18 heavy (non-hydrogen) atoms. The normalized spacial score (nSPS) is 10.3. The molecule has 0 fully saturated rings. The Labute approximate surface area is 102 Å². The molecule has 0 amide bonds. The van der Waals surface area contributed by atoms with Crippen molar-refractivity contribution >= 4 is 16.9 Å². The van der Waals surface area contributed by atoms with Crippen LogP contribution >= 0.6 is 0 Å². The molecule has 1 heterocycles. The zero-order valence-electron chi connectivity index (χ0n) is 9.60. The molecule has 0 spiro atoms. The van der Waals surface area contributed by atoms with Crippen LogP contribution in [-0.4, -0.2) is 11.1 Å². The van der Waals surface area contributed by atoms with E-state index in [4.69, 9.17) is 9.15 Å². The number of phenols is 1. The van der Waals surface area contributed by atoms with Gasteiger partial charge in [0, 0.05) is 23.1 Å². The van der Waals surface area contributed by atoms with Gasteiger partial charge in [-0.3, -0.25) is 0 Å². The maximum Gasteiger partial charge on any atom is 0.338 e. The molecule has 0 saturated heterocycles. The molecule has 5 nitrogen and oxygen atoms in total. The first-order chi connectivity index (χ1) is 8.47. The molecule has 0 radical (unpaired) electrons. The first-order valence-corrected chi connectivity index (χ1v) is 5.12. The summed E-state index contributed by atoms with van der Waals surface area (Å²) < 4.78 is 9.81. The van der Waals surface area contributed by atoms with Gasteiger partial charge in [0.15, 0.2) is 11.5 Å². The molecule has 2 rings (SSSR count). The standard InChI is InChI=1S/C13H10O5/c1-7(2)13(16)18-11-5-8-3-4-12(15)17-10(8)6-9(11)14/h3-6,14H,1H2,2H3. The smallest absolute Gasteiger partial charge is 0.338 e. The van der Waals surface area contributed by atoms with Crippen molar-refractivity contribution in [1.82, 2.24) is 0 Å². The number of phenolic OH excluding ortho intramolecular Hbond substituents is 1. The Morgan fingerprint density at radius 2 is 2.11 bits per heavy atom. The monoisotopic (exact) mass is 246 g/mol. The van der Waals surface area contributed by atoms with Gasteiger partial charge in [-0.05, 0) is 19.1 Å². The molecule has 0 unspecified atom stereocenters. The predicted octanol–water partition coefficient (Wildman–Crippen LogP) is 1.98. The number of rotatable bonds is 2. The van der Waals surface area contributed by atoms with Crippen LogP contribution in [0.15, 0.2) is 45.6 Å². The Morgan fingerprint density at radius 1 is 1.39 bits per heavy atom. The van der Waals surface area contributed by atoms with Gasteiger partial charge in [-0.2, -0.15) is 0 Å². The summed E-state index contributed by atoms with van der Waals surface area (Å²) in [6, 6.07) is 5.38. The van der Waals surface area contributed by atoms with Crippen LogP contribution in [0.25, 0.3) is 11.0 Å². The van der Waals surface area contributed by atoms with Crippen LogP contribution in [0.4, 0.5) is 0 Å². The van der Waals surface area contributed by atoms with Crippen LogP contribution in [0.1, 0.15) is 6.92 Å².